The van der Waals surface area contributed by atoms with E-state index < -0.39 is 0 Å². The average molecular weight is 216 g/mol. The zero-order chi connectivity index (χ0) is 10.8. The van der Waals surface area contributed by atoms with Crippen LogP contribution >= 0.6 is 0 Å². The number of nitrogens with zero attached hydrogens (tertiary/aromatic N) is 2. The van der Waals surface area contributed by atoms with Gasteiger partial charge in [0.05, 0.1) is 12.3 Å². The summed E-state index contributed by atoms with van der Waals surface area (Å²) in [6, 6.07) is 6.11. The molecule has 0 aliphatic carbocycles. The van der Waals surface area contributed by atoms with Crippen molar-refractivity contribution in [2.24, 2.45) is 0 Å². The Morgan fingerprint density at radius 2 is 2.31 bits per heavy atom. The van der Waals surface area contributed by atoms with Gasteiger partial charge in [0.1, 0.15) is 17.8 Å². The molecule has 16 heavy (non-hydrogen) atoms. The van der Waals surface area contributed by atoms with Crippen LogP contribution in [-0.2, 0) is 0 Å². The average Bonchev–Trinajstić information content (AvgIpc) is 2.77. The minimum atomic E-state index is 0.472. The predicted molar refractivity (Wildman–Crippen MR) is 60.0 cm³/mol. The highest BCUT2D eigenvalue weighted by molar-refractivity contribution is 5.56. The van der Waals surface area contributed by atoms with E-state index in [0.29, 0.717) is 6.04 Å². The van der Waals surface area contributed by atoms with Crippen LogP contribution in [0.3, 0.4) is 0 Å². The SMILES string of the molecule is c1coc(-c2cc(NC3CNC3)ncn2)c1. The summed E-state index contributed by atoms with van der Waals surface area (Å²) in [5, 5.41) is 6.52. The van der Waals surface area contributed by atoms with Crippen molar-refractivity contribution in [2.45, 2.75) is 6.04 Å². The molecule has 0 radical (unpaired) electrons. The maximum atomic E-state index is 5.29. The van der Waals surface area contributed by atoms with Gasteiger partial charge in [0.15, 0.2) is 5.76 Å². The fraction of sp³-hybridized carbons (Fsp3) is 0.273. The third-order valence-corrected chi connectivity index (χ3v) is 2.57. The zero-order valence-corrected chi connectivity index (χ0v) is 8.68. The van der Waals surface area contributed by atoms with Crippen LogP contribution in [0.4, 0.5) is 5.82 Å². The summed E-state index contributed by atoms with van der Waals surface area (Å²) < 4.78 is 5.29. The molecule has 0 unspecified atom stereocenters. The second-order valence-corrected chi connectivity index (χ2v) is 3.77. The van der Waals surface area contributed by atoms with E-state index in [-0.39, 0.29) is 0 Å². The van der Waals surface area contributed by atoms with Crippen molar-refractivity contribution in [3.8, 4) is 11.5 Å². The number of hydrogen-bond acceptors (Lipinski definition) is 5. The van der Waals surface area contributed by atoms with E-state index in [1.807, 2.05) is 18.2 Å². The number of furan rings is 1. The van der Waals surface area contributed by atoms with Gasteiger partial charge in [0.25, 0.3) is 0 Å². The number of aromatic nitrogens is 2. The first-order valence-electron chi connectivity index (χ1n) is 5.25. The lowest BCUT2D eigenvalue weighted by molar-refractivity contribution is 0.471. The van der Waals surface area contributed by atoms with Gasteiger partial charge in [-0.1, -0.05) is 0 Å². The highest BCUT2D eigenvalue weighted by Crippen LogP contribution is 2.19. The zero-order valence-electron chi connectivity index (χ0n) is 8.68. The third kappa shape index (κ3) is 1.77. The number of rotatable bonds is 3. The fourth-order valence-corrected chi connectivity index (χ4v) is 1.60. The maximum Gasteiger partial charge on any atom is 0.152 e. The molecule has 2 N–H and O–H groups in total. The smallest absolute Gasteiger partial charge is 0.152 e. The number of hydrogen-bond donors (Lipinski definition) is 2. The van der Waals surface area contributed by atoms with Gasteiger partial charge >= 0.3 is 0 Å². The molecule has 2 aromatic heterocycles. The first-order valence-corrected chi connectivity index (χ1v) is 5.25. The lowest BCUT2D eigenvalue weighted by atomic mass is 10.2. The second kappa shape index (κ2) is 3.94. The minimum Gasteiger partial charge on any atom is -0.463 e. The van der Waals surface area contributed by atoms with Crippen LogP contribution in [0, 0.1) is 0 Å². The molecule has 1 aliphatic heterocycles. The molecule has 3 rings (SSSR count). The van der Waals surface area contributed by atoms with Crippen LogP contribution in [0.5, 0.6) is 0 Å². The van der Waals surface area contributed by atoms with Gasteiger partial charge in [-0.05, 0) is 12.1 Å². The van der Waals surface area contributed by atoms with Crippen molar-refractivity contribution in [1.29, 1.82) is 0 Å². The van der Waals surface area contributed by atoms with Crippen LogP contribution < -0.4 is 10.6 Å². The minimum absolute atomic E-state index is 0.472. The number of nitrogens with one attached hydrogen (secondary N) is 2. The molecule has 1 fully saturated rings. The first kappa shape index (κ1) is 9.35. The summed E-state index contributed by atoms with van der Waals surface area (Å²) in [5.74, 6) is 1.60. The lowest BCUT2D eigenvalue weighted by Crippen LogP contribution is -2.51. The molecule has 0 bridgehead atoms. The topological polar surface area (TPSA) is 63.0 Å². The van der Waals surface area contributed by atoms with Crippen molar-refractivity contribution in [1.82, 2.24) is 15.3 Å². The van der Waals surface area contributed by atoms with Crippen molar-refractivity contribution < 1.29 is 4.42 Å². The fourth-order valence-electron chi connectivity index (χ4n) is 1.60. The van der Waals surface area contributed by atoms with E-state index >= 15 is 0 Å². The molecule has 0 amide bonds. The molecule has 1 aliphatic rings. The Hall–Kier alpha value is -1.88. The normalized spacial score (nSPS) is 15.8. The van der Waals surface area contributed by atoms with E-state index in [1.165, 1.54) is 0 Å². The summed E-state index contributed by atoms with van der Waals surface area (Å²) in [7, 11) is 0. The van der Waals surface area contributed by atoms with Crippen LogP contribution in [-0.4, -0.2) is 29.1 Å². The molecular weight excluding hydrogens is 204 g/mol. The van der Waals surface area contributed by atoms with Crippen molar-refractivity contribution in [3.05, 3.63) is 30.8 Å². The van der Waals surface area contributed by atoms with Gasteiger partial charge in [0.2, 0.25) is 0 Å². The molecule has 2 aromatic rings. The van der Waals surface area contributed by atoms with Gasteiger partial charge in [0, 0.05) is 19.2 Å². The summed E-state index contributed by atoms with van der Waals surface area (Å²) in [4.78, 5) is 8.35. The Morgan fingerprint density at radius 3 is 3.00 bits per heavy atom. The van der Waals surface area contributed by atoms with Crippen molar-refractivity contribution in [2.75, 3.05) is 18.4 Å². The Morgan fingerprint density at radius 1 is 1.38 bits per heavy atom. The van der Waals surface area contributed by atoms with Crippen LogP contribution in [0.25, 0.3) is 11.5 Å². The van der Waals surface area contributed by atoms with Crippen molar-refractivity contribution >= 4 is 5.82 Å². The summed E-state index contributed by atoms with van der Waals surface area (Å²) in [6.07, 6.45) is 3.19. The van der Waals surface area contributed by atoms with Crippen LogP contribution in [0.2, 0.25) is 0 Å². The lowest BCUT2D eigenvalue weighted by Gasteiger charge is -2.28. The standard InChI is InChI=1S/C11H12N4O/c1-2-10(16-3-1)9-4-11(14-7-13-9)15-8-5-12-6-8/h1-4,7-8,12H,5-6H2,(H,13,14,15). The Bertz CT molecular complexity index is 465. The van der Waals surface area contributed by atoms with Gasteiger partial charge < -0.3 is 15.1 Å². The molecule has 82 valence electrons. The molecule has 1 saturated heterocycles. The highest BCUT2D eigenvalue weighted by Gasteiger charge is 2.16. The molecule has 0 spiro atoms. The highest BCUT2D eigenvalue weighted by atomic mass is 16.3. The monoisotopic (exact) mass is 216 g/mol. The molecule has 0 aromatic carbocycles. The number of anilines is 1. The Kier molecular flexibility index (Phi) is 2.30. The summed E-state index contributed by atoms with van der Waals surface area (Å²) >= 11 is 0. The molecule has 0 saturated carbocycles. The van der Waals surface area contributed by atoms with E-state index in [9.17, 15) is 0 Å². The maximum absolute atomic E-state index is 5.29. The van der Waals surface area contributed by atoms with Gasteiger partial charge in [-0.3, -0.25) is 0 Å². The van der Waals surface area contributed by atoms with E-state index in [4.69, 9.17) is 4.42 Å². The van der Waals surface area contributed by atoms with E-state index in [1.54, 1.807) is 12.6 Å². The van der Waals surface area contributed by atoms with E-state index in [2.05, 4.69) is 20.6 Å². The van der Waals surface area contributed by atoms with E-state index in [0.717, 1.165) is 30.4 Å². The predicted octanol–water partition coefficient (Wildman–Crippen LogP) is 1.12. The van der Waals surface area contributed by atoms with Crippen LogP contribution in [0.15, 0.2) is 35.2 Å². The third-order valence-electron chi connectivity index (χ3n) is 2.57. The Labute approximate surface area is 92.9 Å². The van der Waals surface area contributed by atoms with Gasteiger partial charge in [-0.25, -0.2) is 9.97 Å². The van der Waals surface area contributed by atoms with Gasteiger partial charge in [-0.15, -0.1) is 0 Å². The quantitative estimate of drug-likeness (QED) is 0.805. The molecule has 0 atom stereocenters. The molecule has 3 heterocycles. The van der Waals surface area contributed by atoms with Crippen molar-refractivity contribution in [3.63, 3.8) is 0 Å². The first-order chi connectivity index (χ1) is 7.92. The Balaban J connectivity index is 1.82. The second-order valence-electron chi connectivity index (χ2n) is 3.77. The van der Waals surface area contributed by atoms with Crippen LogP contribution in [0.1, 0.15) is 0 Å². The van der Waals surface area contributed by atoms with Gasteiger partial charge in [-0.2, -0.15) is 0 Å². The molecule has 5 heteroatoms. The summed E-state index contributed by atoms with van der Waals surface area (Å²) in [5.41, 5.74) is 0.801. The molecular formula is C11H12N4O. The summed E-state index contributed by atoms with van der Waals surface area (Å²) in [6.45, 7) is 1.97. The largest absolute Gasteiger partial charge is 0.463 e. The molecule has 5 nitrogen and oxygen atoms in total.